The first kappa shape index (κ1) is 10.6. The summed E-state index contributed by atoms with van der Waals surface area (Å²) >= 11 is 0. The molecule has 0 aliphatic carbocycles. The van der Waals surface area contributed by atoms with E-state index in [2.05, 4.69) is 0 Å². The van der Waals surface area contributed by atoms with E-state index in [1.54, 1.807) is 30.3 Å². The fourth-order valence-corrected chi connectivity index (χ4v) is 1.67. The number of halogens is 1. The molecule has 0 aliphatic heterocycles. The van der Waals surface area contributed by atoms with Gasteiger partial charge < -0.3 is 0 Å². The van der Waals surface area contributed by atoms with Crippen LogP contribution in [-0.4, -0.2) is 6.29 Å². The van der Waals surface area contributed by atoms with Gasteiger partial charge in [0.1, 0.15) is 12.1 Å². The number of benzene rings is 2. The maximum atomic E-state index is 13.5. The van der Waals surface area contributed by atoms with Crippen LogP contribution in [0.2, 0.25) is 0 Å². The van der Waals surface area contributed by atoms with Crippen molar-refractivity contribution >= 4 is 6.29 Å². The molecule has 0 saturated carbocycles. The fraction of sp³-hybridized carbons (Fsp3) is 0.0714. The maximum absolute atomic E-state index is 13.5. The van der Waals surface area contributed by atoms with E-state index in [-0.39, 0.29) is 5.82 Å². The van der Waals surface area contributed by atoms with Crippen molar-refractivity contribution < 1.29 is 9.18 Å². The molecule has 2 heteroatoms. The molecule has 0 spiro atoms. The molecule has 0 radical (unpaired) electrons. The molecule has 0 atom stereocenters. The first-order chi connectivity index (χ1) is 7.72. The van der Waals surface area contributed by atoms with Crippen LogP contribution in [0.15, 0.2) is 42.5 Å². The van der Waals surface area contributed by atoms with Gasteiger partial charge in [-0.1, -0.05) is 36.4 Å². The highest BCUT2D eigenvalue weighted by atomic mass is 19.1. The van der Waals surface area contributed by atoms with E-state index in [9.17, 15) is 9.18 Å². The Bertz CT molecular complexity index is 532. The van der Waals surface area contributed by atoms with Crippen molar-refractivity contribution in [3.05, 3.63) is 59.4 Å². The number of hydrogen-bond donors (Lipinski definition) is 0. The lowest BCUT2D eigenvalue weighted by Gasteiger charge is -2.05. The van der Waals surface area contributed by atoms with Crippen LogP contribution in [0.4, 0.5) is 4.39 Å². The first-order valence-electron chi connectivity index (χ1n) is 5.03. The van der Waals surface area contributed by atoms with Crippen LogP contribution in [0.3, 0.4) is 0 Å². The van der Waals surface area contributed by atoms with Gasteiger partial charge in [-0.3, -0.25) is 4.79 Å². The zero-order valence-corrected chi connectivity index (χ0v) is 8.91. The molecule has 2 aromatic rings. The zero-order valence-electron chi connectivity index (χ0n) is 8.91. The van der Waals surface area contributed by atoms with E-state index in [1.165, 1.54) is 6.07 Å². The molecular weight excluding hydrogens is 203 g/mol. The minimum atomic E-state index is -0.249. The van der Waals surface area contributed by atoms with Crippen LogP contribution < -0.4 is 0 Å². The Morgan fingerprint density at radius 2 is 1.88 bits per heavy atom. The van der Waals surface area contributed by atoms with Crippen molar-refractivity contribution in [2.24, 2.45) is 0 Å². The van der Waals surface area contributed by atoms with Crippen LogP contribution in [0.5, 0.6) is 0 Å². The Labute approximate surface area is 93.5 Å². The van der Waals surface area contributed by atoms with Crippen LogP contribution in [0, 0.1) is 12.7 Å². The Morgan fingerprint density at radius 1 is 1.12 bits per heavy atom. The predicted octanol–water partition coefficient (Wildman–Crippen LogP) is 3.61. The number of aldehydes is 1. The second kappa shape index (κ2) is 4.27. The number of carbonyl (C=O) groups is 1. The highest BCUT2D eigenvalue weighted by Gasteiger charge is 2.05. The lowest BCUT2D eigenvalue weighted by atomic mass is 10.00. The summed E-state index contributed by atoms with van der Waals surface area (Å²) in [7, 11) is 0. The van der Waals surface area contributed by atoms with Gasteiger partial charge in [0.05, 0.1) is 0 Å². The molecule has 0 heterocycles. The van der Waals surface area contributed by atoms with E-state index in [1.807, 2.05) is 13.0 Å². The summed E-state index contributed by atoms with van der Waals surface area (Å²) in [6.45, 7) is 1.84. The van der Waals surface area contributed by atoms with Gasteiger partial charge in [-0.25, -0.2) is 4.39 Å². The Hall–Kier alpha value is -1.96. The molecule has 0 aromatic heterocycles. The molecular formula is C14H11FO. The Kier molecular flexibility index (Phi) is 2.82. The smallest absolute Gasteiger partial charge is 0.150 e. The second-order valence-corrected chi connectivity index (χ2v) is 3.67. The fourth-order valence-electron chi connectivity index (χ4n) is 1.67. The molecule has 2 rings (SSSR count). The molecule has 0 aliphatic rings. The highest BCUT2D eigenvalue weighted by Crippen LogP contribution is 2.24. The van der Waals surface area contributed by atoms with Gasteiger partial charge in [0.2, 0.25) is 0 Å². The topological polar surface area (TPSA) is 17.1 Å². The quantitative estimate of drug-likeness (QED) is 0.698. The van der Waals surface area contributed by atoms with Crippen LogP contribution in [0.1, 0.15) is 15.9 Å². The second-order valence-electron chi connectivity index (χ2n) is 3.67. The van der Waals surface area contributed by atoms with Crippen molar-refractivity contribution in [3.63, 3.8) is 0 Å². The van der Waals surface area contributed by atoms with Crippen molar-refractivity contribution in [2.45, 2.75) is 6.92 Å². The number of carbonyl (C=O) groups excluding carboxylic acids is 1. The highest BCUT2D eigenvalue weighted by molar-refractivity contribution is 5.79. The summed E-state index contributed by atoms with van der Waals surface area (Å²) < 4.78 is 13.5. The van der Waals surface area contributed by atoms with E-state index in [4.69, 9.17) is 0 Å². The van der Waals surface area contributed by atoms with Gasteiger partial charge >= 0.3 is 0 Å². The monoisotopic (exact) mass is 214 g/mol. The average Bonchev–Trinajstić information content (AvgIpc) is 2.29. The van der Waals surface area contributed by atoms with Gasteiger partial charge in [-0.2, -0.15) is 0 Å². The molecule has 16 heavy (non-hydrogen) atoms. The van der Waals surface area contributed by atoms with E-state index >= 15 is 0 Å². The minimum absolute atomic E-state index is 0.249. The van der Waals surface area contributed by atoms with Crippen LogP contribution >= 0.6 is 0 Å². The lowest BCUT2D eigenvalue weighted by Crippen LogP contribution is -1.89. The van der Waals surface area contributed by atoms with Gasteiger partial charge in [-0.15, -0.1) is 0 Å². The number of aryl methyl sites for hydroxylation is 1. The molecule has 0 bridgehead atoms. The van der Waals surface area contributed by atoms with E-state index in [0.717, 1.165) is 17.4 Å². The first-order valence-corrected chi connectivity index (χ1v) is 5.03. The van der Waals surface area contributed by atoms with Gasteiger partial charge in [0, 0.05) is 11.1 Å². The molecule has 0 amide bonds. The minimum Gasteiger partial charge on any atom is -0.298 e. The summed E-state index contributed by atoms with van der Waals surface area (Å²) in [4.78, 5) is 10.7. The Morgan fingerprint density at radius 3 is 2.50 bits per heavy atom. The third kappa shape index (κ3) is 1.87. The van der Waals surface area contributed by atoms with Gasteiger partial charge in [0.25, 0.3) is 0 Å². The predicted molar refractivity (Wildman–Crippen MR) is 62.0 cm³/mol. The summed E-state index contributed by atoms with van der Waals surface area (Å²) in [5, 5.41) is 0. The summed E-state index contributed by atoms with van der Waals surface area (Å²) in [6.07, 6.45) is 0.806. The van der Waals surface area contributed by atoms with Gasteiger partial charge in [0.15, 0.2) is 0 Å². The van der Waals surface area contributed by atoms with Crippen molar-refractivity contribution in [1.82, 2.24) is 0 Å². The number of rotatable bonds is 2. The summed E-state index contributed by atoms with van der Waals surface area (Å²) in [6, 6.07) is 11.9. The zero-order chi connectivity index (χ0) is 11.5. The van der Waals surface area contributed by atoms with Crippen molar-refractivity contribution in [3.8, 4) is 11.1 Å². The van der Waals surface area contributed by atoms with Crippen molar-refractivity contribution in [2.75, 3.05) is 0 Å². The SMILES string of the molecule is Cc1cc(-c2ccccc2F)ccc1C=O. The molecule has 0 fully saturated rings. The largest absolute Gasteiger partial charge is 0.298 e. The normalized spacial score (nSPS) is 10.1. The van der Waals surface area contributed by atoms with E-state index < -0.39 is 0 Å². The summed E-state index contributed by atoms with van der Waals surface area (Å²) in [5.41, 5.74) is 2.85. The standard InChI is InChI=1S/C14H11FO/c1-10-8-11(6-7-12(10)9-16)13-4-2-3-5-14(13)15/h2-9H,1H3. The van der Waals surface area contributed by atoms with Gasteiger partial charge in [-0.05, 0) is 24.1 Å². The van der Waals surface area contributed by atoms with E-state index in [0.29, 0.717) is 11.1 Å². The van der Waals surface area contributed by atoms with Crippen LogP contribution in [0.25, 0.3) is 11.1 Å². The molecule has 0 N–H and O–H groups in total. The summed E-state index contributed by atoms with van der Waals surface area (Å²) in [5.74, 6) is -0.249. The molecule has 0 saturated heterocycles. The molecule has 1 nitrogen and oxygen atoms in total. The molecule has 0 unspecified atom stereocenters. The van der Waals surface area contributed by atoms with Crippen LogP contribution in [-0.2, 0) is 0 Å². The number of hydrogen-bond acceptors (Lipinski definition) is 1. The Balaban J connectivity index is 2.54. The molecule has 2 aromatic carbocycles. The average molecular weight is 214 g/mol. The molecule has 80 valence electrons. The third-order valence-corrected chi connectivity index (χ3v) is 2.58. The maximum Gasteiger partial charge on any atom is 0.150 e. The third-order valence-electron chi connectivity index (χ3n) is 2.58. The lowest BCUT2D eigenvalue weighted by molar-refractivity contribution is 0.112. The van der Waals surface area contributed by atoms with Crippen molar-refractivity contribution in [1.29, 1.82) is 0 Å².